The van der Waals surface area contributed by atoms with Gasteiger partial charge in [0, 0.05) is 12.0 Å². The molecule has 0 radical (unpaired) electrons. The van der Waals surface area contributed by atoms with E-state index < -0.39 is 12.0 Å². The van der Waals surface area contributed by atoms with Crippen LogP contribution in [0.1, 0.15) is 48.0 Å². The number of carbonyl (C=O) groups is 2. The van der Waals surface area contributed by atoms with Gasteiger partial charge in [-0.2, -0.15) is 0 Å². The number of para-hydroxylation sites is 1. The number of hydrogen-bond donors (Lipinski definition) is 3. The number of carboxylic acid groups (broad SMARTS) is 1. The van der Waals surface area contributed by atoms with E-state index in [4.69, 9.17) is 5.11 Å². The van der Waals surface area contributed by atoms with Crippen molar-refractivity contribution in [1.82, 2.24) is 5.32 Å². The average molecular weight is 274 g/mol. The molecule has 0 aromatic heterocycles. The molecule has 1 aliphatic carbocycles. The van der Waals surface area contributed by atoms with Gasteiger partial charge in [0.05, 0.1) is 11.3 Å². The van der Waals surface area contributed by atoms with Gasteiger partial charge >= 0.3 is 5.97 Å². The Labute approximate surface area is 117 Å². The lowest BCUT2D eigenvalue weighted by Gasteiger charge is -2.13. The molecule has 0 bridgehead atoms. The number of fused-ring (bicyclic) bond motifs is 3. The van der Waals surface area contributed by atoms with Crippen LogP contribution in [0.4, 0.5) is 5.69 Å². The molecule has 1 fully saturated rings. The number of carboxylic acids is 1. The molecular formula is C15H18N2O3. The lowest BCUT2D eigenvalue weighted by atomic mass is 9.96. The van der Waals surface area contributed by atoms with Crippen molar-refractivity contribution in [2.75, 3.05) is 5.32 Å². The highest BCUT2D eigenvalue weighted by Crippen LogP contribution is 2.46. The number of anilines is 1. The molecule has 3 atom stereocenters. The SMILES string of the molecule is C[C@H](NC(=O)c1cccc2c1NC1CCCC21)C(=O)O. The van der Waals surface area contributed by atoms with Crippen LogP contribution in [0.3, 0.4) is 0 Å². The van der Waals surface area contributed by atoms with Crippen molar-refractivity contribution in [2.45, 2.75) is 44.2 Å². The summed E-state index contributed by atoms with van der Waals surface area (Å²) in [5.74, 6) is -0.866. The summed E-state index contributed by atoms with van der Waals surface area (Å²) in [5, 5.41) is 14.8. The summed E-state index contributed by atoms with van der Waals surface area (Å²) in [6, 6.07) is 5.23. The number of hydrogen-bond acceptors (Lipinski definition) is 3. The Morgan fingerprint density at radius 1 is 1.40 bits per heavy atom. The molecule has 0 saturated heterocycles. The van der Waals surface area contributed by atoms with E-state index in [-0.39, 0.29) is 5.91 Å². The van der Waals surface area contributed by atoms with Crippen LogP contribution in [0.15, 0.2) is 18.2 Å². The molecule has 5 heteroatoms. The Morgan fingerprint density at radius 3 is 2.95 bits per heavy atom. The predicted molar refractivity (Wildman–Crippen MR) is 75.0 cm³/mol. The van der Waals surface area contributed by atoms with Gasteiger partial charge < -0.3 is 15.7 Å². The van der Waals surface area contributed by atoms with Crippen LogP contribution in [0.2, 0.25) is 0 Å². The molecule has 2 unspecified atom stereocenters. The topological polar surface area (TPSA) is 78.4 Å². The second-order valence-electron chi connectivity index (χ2n) is 5.59. The zero-order chi connectivity index (χ0) is 14.3. The third-order valence-corrected chi connectivity index (χ3v) is 4.30. The Balaban J connectivity index is 1.87. The number of amides is 1. The van der Waals surface area contributed by atoms with Crippen molar-refractivity contribution in [3.8, 4) is 0 Å². The molecule has 1 aliphatic heterocycles. The van der Waals surface area contributed by atoms with E-state index >= 15 is 0 Å². The molecule has 1 aromatic rings. The summed E-state index contributed by atoms with van der Waals surface area (Å²) in [7, 11) is 0. The monoisotopic (exact) mass is 274 g/mol. The fourth-order valence-corrected chi connectivity index (χ4v) is 3.26. The van der Waals surface area contributed by atoms with E-state index in [0.29, 0.717) is 17.5 Å². The van der Waals surface area contributed by atoms with Gasteiger partial charge in [-0.05, 0) is 31.4 Å². The normalized spacial score (nSPS) is 24.4. The van der Waals surface area contributed by atoms with Crippen molar-refractivity contribution in [3.63, 3.8) is 0 Å². The van der Waals surface area contributed by atoms with Gasteiger partial charge in [0.1, 0.15) is 6.04 Å². The molecule has 1 saturated carbocycles. The fourth-order valence-electron chi connectivity index (χ4n) is 3.26. The number of carbonyl (C=O) groups excluding carboxylic acids is 1. The first-order valence-corrected chi connectivity index (χ1v) is 7.01. The van der Waals surface area contributed by atoms with Gasteiger partial charge in [-0.1, -0.05) is 18.6 Å². The summed E-state index contributed by atoms with van der Waals surface area (Å²) in [6.07, 6.45) is 3.50. The minimum absolute atomic E-state index is 0.329. The number of rotatable bonds is 3. The molecule has 2 aliphatic rings. The predicted octanol–water partition coefficient (Wildman–Crippen LogP) is 1.95. The molecule has 0 spiro atoms. The maximum absolute atomic E-state index is 12.2. The molecular weight excluding hydrogens is 256 g/mol. The zero-order valence-electron chi connectivity index (χ0n) is 11.3. The van der Waals surface area contributed by atoms with Gasteiger partial charge in [-0.3, -0.25) is 9.59 Å². The molecule has 3 N–H and O–H groups in total. The largest absolute Gasteiger partial charge is 0.480 e. The van der Waals surface area contributed by atoms with Crippen molar-refractivity contribution in [2.24, 2.45) is 0 Å². The van der Waals surface area contributed by atoms with E-state index in [9.17, 15) is 9.59 Å². The third-order valence-electron chi connectivity index (χ3n) is 4.30. The van der Waals surface area contributed by atoms with E-state index in [1.807, 2.05) is 6.07 Å². The Bertz CT molecular complexity index is 570. The van der Waals surface area contributed by atoms with Gasteiger partial charge in [0.25, 0.3) is 5.91 Å². The molecule has 1 aromatic carbocycles. The molecule has 106 valence electrons. The van der Waals surface area contributed by atoms with Gasteiger partial charge in [-0.25, -0.2) is 0 Å². The van der Waals surface area contributed by atoms with Gasteiger partial charge in [0.15, 0.2) is 0 Å². The van der Waals surface area contributed by atoms with E-state index in [2.05, 4.69) is 16.7 Å². The average Bonchev–Trinajstić information content (AvgIpc) is 2.98. The second-order valence-corrected chi connectivity index (χ2v) is 5.59. The van der Waals surface area contributed by atoms with Crippen molar-refractivity contribution in [3.05, 3.63) is 29.3 Å². The van der Waals surface area contributed by atoms with Crippen molar-refractivity contribution < 1.29 is 14.7 Å². The summed E-state index contributed by atoms with van der Waals surface area (Å²) >= 11 is 0. The van der Waals surface area contributed by atoms with Crippen LogP contribution >= 0.6 is 0 Å². The minimum Gasteiger partial charge on any atom is -0.480 e. The van der Waals surface area contributed by atoms with Crippen LogP contribution in [0.5, 0.6) is 0 Å². The smallest absolute Gasteiger partial charge is 0.325 e. The number of benzene rings is 1. The van der Waals surface area contributed by atoms with E-state index in [1.54, 1.807) is 6.07 Å². The third kappa shape index (κ3) is 2.03. The molecule has 1 heterocycles. The molecule has 20 heavy (non-hydrogen) atoms. The first kappa shape index (κ1) is 13.0. The number of aliphatic carboxylic acids is 1. The fraction of sp³-hybridized carbons (Fsp3) is 0.467. The second kappa shape index (κ2) is 4.81. The lowest BCUT2D eigenvalue weighted by molar-refractivity contribution is -0.138. The van der Waals surface area contributed by atoms with Crippen LogP contribution in [0.25, 0.3) is 0 Å². The van der Waals surface area contributed by atoms with Crippen LogP contribution in [-0.2, 0) is 4.79 Å². The summed E-state index contributed by atoms with van der Waals surface area (Å²) < 4.78 is 0. The summed E-state index contributed by atoms with van der Waals surface area (Å²) in [5.41, 5.74) is 2.63. The number of nitrogens with one attached hydrogen (secondary N) is 2. The maximum atomic E-state index is 12.2. The Morgan fingerprint density at radius 2 is 2.20 bits per heavy atom. The highest BCUT2D eigenvalue weighted by molar-refractivity contribution is 6.02. The Hall–Kier alpha value is -2.04. The van der Waals surface area contributed by atoms with Gasteiger partial charge in [0.2, 0.25) is 0 Å². The first-order valence-electron chi connectivity index (χ1n) is 7.01. The van der Waals surface area contributed by atoms with Crippen LogP contribution in [0, 0.1) is 0 Å². The standard InChI is InChI=1S/C15H18N2O3/c1-8(15(19)20)16-14(18)11-6-2-5-10-9-4-3-7-12(9)17-13(10)11/h2,5-6,8-9,12,17H,3-4,7H2,1H3,(H,16,18)(H,19,20)/t8-,9?,12?/m0/s1. The van der Waals surface area contributed by atoms with Gasteiger partial charge in [-0.15, -0.1) is 0 Å². The summed E-state index contributed by atoms with van der Waals surface area (Å²) in [6.45, 7) is 1.46. The van der Waals surface area contributed by atoms with Crippen molar-refractivity contribution >= 4 is 17.6 Å². The quantitative estimate of drug-likeness (QED) is 0.787. The van der Waals surface area contributed by atoms with Crippen LogP contribution < -0.4 is 10.6 Å². The summed E-state index contributed by atoms with van der Waals surface area (Å²) in [4.78, 5) is 23.1. The van der Waals surface area contributed by atoms with E-state index in [1.165, 1.54) is 18.9 Å². The zero-order valence-corrected chi connectivity index (χ0v) is 11.3. The van der Waals surface area contributed by atoms with Crippen molar-refractivity contribution in [1.29, 1.82) is 0 Å². The molecule has 1 amide bonds. The minimum atomic E-state index is -1.03. The van der Waals surface area contributed by atoms with Crippen LogP contribution in [-0.4, -0.2) is 29.1 Å². The molecule has 5 nitrogen and oxygen atoms in total. The molecule has 3 rings (SSSR count). The lowest BCUT2D eigenvalue weighted by Crippen LogP contribution is -2.38. The maximum Gasteiger partial charge on any atom is 0.325 e. The van der Waals surface area contributed by atoms with E-state index in [0.717, 1.165) is 18.5 Å². The highest BCUT2D eigenvalue weighted by Gasteiger charge is 2.37. The highest BCUT2D eigenvalue weighted by atomic mass is 16.4. The first-order chi connectivity index (χ1) is 9.58. The Kier molecular flexibility index (Phi) is 3.12.